The lowest BCUT2D eigenvalue weighted by atomic mass is 9.81. The summed E-state index contributed by atoms with van der Waals surface area (Å²) in [5.41, 5.74) is 1.40. The van der Waals surface area contributed by atoms with Crippen molar-refractivity contribution in [3.63, 3.8) is 0 Å². The van der Waals surface area contributed by atoms with Gasteiger partial charge in [-0.3, -0.25) is 14.5 Å². The van der Waals surface area contributed by atoms with Crippen LogP contribution in [0.3, 0.4) is 0 Å². The summed E-state index contributed by atoms with van der Waals surface area (Å²) in [5.74, 6) is -0.371. The molecule has 0 unspecified atom stereocenters. The van der Waals surface area contributed by atoms with Gasteiger partial charge in [0.25, 0.3) is 5.91 Å². The Kier molecular flexibility index (Phi) is 5.05. The van der Waals surface area contributed by atoms with Gasteiger partial charge in [0, 0.05) is 38.6 Å². The second-order valence-corrected chi connectivity index (χ2v) is 7.45. The highest BCUT2D eigenvalue weighted by Crippen LogP contribution is 2.42. The van der Waals surface area contributed by atoms with Gasteiger partial charge in [0.2, 0.25) is 0 Å². The van der Waals surface area contributed by atoms with Crippen molar-refractivity contribution in [3.05, 3.63) is 42.0 Å². The largest absolute Gasteiger partial charge is 0.484 e. The molecule has 1 aromatic carbocycles. The van der Waals surface area contributed by atoms with Crippen molar-refractivity contribution in [3.8, 4) is 5.75 Å². The molecule has 6 nitrogen and oxygen atoms in total. The molecule has 1 amide bonds. The minimum Gasteiger partial charge on any atom is -0.484 e. The number of rotatable bonds is 6. The molecule has 2 saturated heterocycles. The first kappa shape index (κ1) is 18.5. The van der Waals surface area contributed by atoms with E-state index in [2.05, 4.69) is 11.5 Å². The van der Waals surface area contributed by atoms with Gasteiger partial charge in [0.05, 0.1) is 0 Å². The number of hydrogen-bond acceptors (Lipinski definition) is 4. The fourth-order valence-electron chi connectivity index (χ4n) is 4.02. The van der Waals surface area contributed by atoms with E-state index in [-0.39, 0.29) is 25.0 Å². The number of benzene rings is 1. The minimum absolute atomic E-state index is 0.0504. The Balaban J connectivity index is 1.62. The van der Waals surface area contributed by atoms with Crippen molar-refractivity contribution < 1.29 is 19.4 Å². The molecular weight excluding hydrogens is 332 g/mol. The zero-order chi connectivity index (χ0) is 18.9. The number of carboxylic acids is 1. The molecule has 1 aromatic rings. The van der Waals surface area contributed by atoms with Crippen LogP contribution >= 0.6 is 0 Å². The van der Waals surface area contributed by atoms with Crippen LogP contribution in [0, 0.1) is 25.2 Å². The maximum absolute atomic E-state index is 12.6. The molecule has 2 aliphatic rings. The summed E-state index contributed by atoms with van der Waals surface area (Å²) < 4.78 is 5.63. The predicted octanol–water partition coefficient (Wildman–Crippen LogP) is 1.71. The highest BCUT2D eigenvalue weighted by atomic mass is 16.5. The van der Waals surface area contributed by atoms with Crippen molar-refractivity contribution >= 4 is 11.9 Å². The number of carbonyl (C=O) groups excluding carboxylic acids is 1. The molecule has 140 valence electrons. The molecule has 1 N–H and O–H groups in total. The zero-order valence-electron chi connectivity index (χ0n) is 15.4. The SMILES string of the molecule is C=CCN1C[C@@H]2CN(C(=O)COc3ccc(C)c(C)c3)C[C@]2(C(=O)O)C1. The standard InChI is InChI=1S/C20H26N2O4/c1-4-7-21-9-16-10-22(13-20(16,12-21)19(24)25)18(23)11-26-17-6-5-14(2)15(3)8-17/h4-6,8,16H,1,7,9-13H2,2-3H3,(H,24,25)/t16-,20-/m1/s1. The number of amides is 1. The third kappa shape index (κ3) is 3.33. The number of carboxylic acid groups (broad SMARTS) is 1. The van der Waals surface area contributed by atoms with Gasteiger partial charge in [-0.05, 0) is 37.1 Å². The molecule has 3 rings (SSSR count). The van der Waals surface area contributed by atoms with Crippen LogP contribution in [0.15, 0.2) is 30.9 Å². The van der Waals surface area contributed by atoms with Crippen LogP contribution in [0.5, 0.6) is 5.75 Å². The third-order valence-electron chi connectivity index (χ3n) is 5.69. The van der Waals surface area contributed by atoms with Gasteiger partial charge in [-0.25, -0.2) is 0 Å². The van der Waals surface area contributed by atoms with E-state index in [0.29, 0.717) is 31.9 Å². The molecule has 26 heavy (non-hydrogen) atoms. The van der Waals surface area contributed by atoms with Crippen LogP contribution < -0.4 is 4.74 Å². The third-order valence-corrected chi connectivity index (χ3v) is 5.69. The molecule has 0 aliphatic carbocycles. The molecular formula is C20H26N2O4. The van der Waals surface area contributed by atoms with Crippen LogP contribution in [0.4, 0.5) is 0 Å². The molecule has 2 heterocycles. The van der Waals surface area contributed by atoms with Crippen molar-refractivity contribution in [2.24, 2.45) is 11.3 Å². The first-order valence-corrected chi connectivity index (χ1v) is 8.90. The average Bonchev–Trinajstić information content (AvgIpc) is 3.11. The van der Waals surface area contributed by atoms with E-state index in [1.807, 2.05) is 32.0 Å². The zero-order valence-corrected chi connectivity index (χ0v) is 15.4. The fourth-order valence-corrected chi connectivity index (χ4v) is 4.02. The van der Waals surface area contributed by atoms with Crippen molar-refractivity contribution in [2.75, 3.05) is 39.3 Å². The van der Waals surface area contributed by atoms with Crippen molar-refractivity contribution in [1.29, 1.82) is 0 Å². The second-order valence-electron chi connectivity index (χ2n) is 7.45. The number of hydrogen-bond donors (Lipinski definition) is 1. The summed E-state index contributed by atoms with van der Waals surface area (Å²) in [5, 5.41) is 9.80. The summed E-state index contributed by atoms with van der Waals surface area (Å²) in [4.78, 5) is 28.2. The molecule has 2 fully saturated rings. The summed E-state index contributed by atoms with van der Waals surface area (Å²) in [6, 6.07) is 5.72. The maximum atomic E-state index is 12.6. The molecule has 6 heteroatoms. The molecule has 0 bridgehead atoms. The number of nitrogens with zero attached hydrogens (tertiary/aromatic N) is 2. The van der Waals surface area contributed by atoms with E-state index >= 15 is 0 Å². The number of fused-ring (bicyclic) bond motifs is 1. The van der Waals surface area contributed by atoms with Crippen LogP contribution in [0.25, 0.3) is 0 Å². The predicted molar refractivity (Wildman–Crippen MR) is 98.2 cm³/mol. The Bertz CT molecular complexity index is 733. The Labute approximate surface area is 154 Å². The van der Waals surface area contributed by atoms with E-state index in [1.165, 1.54) is 5.56 Å². The quantitative estimate of drug-likeness (QED) is 0.784. The number of likely N-dealkylation sites (tertiary alicyclic amines) is 2. The number of ether oxygens (including phenoxy) is 1. The fraction of sp³-hybridized carbons (Fsp3) is 0.500. The van der Waals surface area contributed by atoms with Crippen LogP contribution in [-0.2, 0) is 9.59 Å². The Morgan fingerprint density at radius 3 is 2.69 bits per heavy atom. The first-order valence-electron chi connectivity index (χ1n) is 8.90. The summed E-state index contributed by atoms with van der Waals surface area (Å²) >= 11 is 0. The van der Waals surface area contributed by atoms with E-state index in [9.17, 15) is 14.7 Å². The highest BCUT2D eigenvalue weighted by Gasteiger charge is 2.58. The van der Waals surface area contributed by atoms with Gasteiger partial charge in [-0.1, -0.05) is 12.1 Å². The van der Waals surface area contributed by atoms with Crippen molar-refractivity contribution in [1.82, 2.24) is 9.80 Å². The monoisotopic (exact) mass is 358 g/mol. The van der Waals surface area contributed by atoms with Crippen LogP contribution in [-0.4, -0.2) is 66.1 Å². The molecule has 2 aliphatic heterocycles. The van der Waals surface area contributed by atoms with Gasteiger partial charge in [0.15, 0.2) is 6.61 Å². The topological polar surface area (TPSA) is 70.1 Å². The van der Waals surface area contributed by atoms with Crippen LogP contribution in [0.2, 0.25) is 0 Å². The van der Waals surface area contributed by atoms with Gasteiger partial charge in [0.1, 0.15) is 11.2 Å². The van der Waals surface area contributed by atoms with Gasteiger partial charge < -0.3 is 14.7 Å². The molecule has 0 saturated carbocycles. The van der Waals surface area contributed by atoms with E-state index in [4.69, 9.17) is 4.74 Å². The minimum atomic E-state index is -0.876. The summed E-state index contributed by atoms with van der Waals surface area (Å²) in [7, 11) is 0. The number of carbonyl (C=O) groups is 2. The highest BCUT2D eigenvalue weighted by molar-refractivity contribution is 5.82. The lowest BCUT2D eigenvalue weighted by Gasteiger charge is -2.25. The number of aliphatic carboxylic acids is 1. The van der Waals surface area contributed by atoms with Crippen LogP contribution in [0.1, 0.15) is 11.1 Å². The summed E-state index contributed by atoms with van der Waals surface area (Å²) in [6.45, 7) is 10.2. The van der Waals surface area contributed by atoms with E-state index in [1.54, 1.807) is 11.0 Å². The van der Waals surface area contributed by atoms with E-state index < -0.39 is 11.4 Å². The molecule has 0 radical (unpaired) electrons. The number of aryl methyl sites for hydroxylation is 2. The Hall–Kier alpha value is -2.34. The Morgan fingerprint density at radius 2 is 2.08 bits per heavy atom. The van der Waals surface area contributed by atoms with Crippen molar-refractivity contribution in [2.45, 2.75) is 13.8 Å². The molecule has 0 spiro atoms. The summed E-state index contributed by atoms with van der Waals surface area (Å²) in [6.07, 6.45) is 1.79. The Morgan fingerprint density at radius 1 is 1.31 bits per heavy atom. The van der Waals surface area contributed by atoms with Gasteiger partial charge >= 0.3 is 5.97 Å². The first-order chi connectivity index (χ1) is 12.4. The lowest BCUT2D eigenvalue weighted by molar-refractivity contribution is -0.149. The van der Waals surface area contributed by atoms with Gasteiger partial charge in [-0.2, -0.15) is 0 Å². The van der Waals surface area contributed by atoms with E-state index in [0.717, 1.165) is 5.56 Å². The van der Waals surface area contributed by atoms with Gasteiger partial charge in [-0.15, -0.1) is 6.58 Å². The lowest BCUT2D eigenvalue weighted by Crippen LogP contribution is -2.42. The molecule has 0 aromatic heterocycles. The molecule has 2 atom stereocenters. The maximum Gasteiger partial charge on any atom is 0.313 e. The average molecular weight is 358 g/mol. The normalized spacial score (nSPS) is 25.2. The second kappa shape index (κ2) is 7.11. The smallest absolute Gasteiger partial charge is 0.313 e.